The summed E-state index contributed by atoms with van der Waals surface area (Å²) in [6, 6.07) is 7.89. The van der Waals surface area contributed by atoms with Crippen LogP contribution in [0.1, 0.15) is 0 Å². The number of morpholine rings is 1. The lowest BCUT2D eigenvalue weighted by molar-refractivity contribution is 0.0398. The van der Waals surface area contributed by atoms with Crippen LogP contribution in [0.4, 0.5) is 5.82 Å². The van der Waals surface area contributed by atoms with Gasteiger partial charge in [-0.05, 0) is 12.1 Å². The van der Waals surface area contributed by atoms with Gasteiger partial charge in [0.05, 0.1) is 18.6 Å². The van der Waals surface area contributed by atoms with Gasteiger partial charge in [0.1, 0.15) is 0 Å². The van der Waals surface area contributed by atoms with Crippen LogP contribution < -0.4 is 5.32 Å². The largest absolute Gasteiger partial charge is 0.379 e. The molecule has 18 heavy (non-hydrogen) atoms. The van der Waals surface area contributed by atoms with Gasteiger partial charge < -0.3 is 14.6 Å². The van der Waals surface area contributed by atoms with Crippen molar-refractivity contribution in [3.8, 4) is 0 Å². The molecule has 1 aromatic heterocycles. The molecule has 0 bridgehead atoms. The normalized spacial score (nSPS) is 17.1. The summed E-state index contributed by atoms with van der Waals surface area (Å²) in [6.07, 6.45) is 0. The van der Waals surface area contributed by atoms with Crippen molar-refractivity contribution in [2.75, 3.05) is 44.7 Å². The molecule has 1 fully saturated rings. The highest BCUT2D eigenvalue weighted by atomic mass is 16.5. The van der Waals surface area contributed by atoms with E-state index >= 15 is 0 Å². The minimum atomic E-state index is 0.825. The first-order valence-corrected chi connectivity index (χ1v) is 6.32. The maximum absolute atomic E-state index is 5.32. The molecule has 1 saturated heterocycles. The van der Waals surface area contributed by atoms with Gasteiger partial charge in [0, 0.05) is 26.2 Å². The monoisotopic (exact) mass is 247 g/mol. The van der Waals surface area contributed by atoms with Crippen LogP contribution in [0.25, 0.3) is 11.0 Å². The van der Waals surface area contributed by atoms with E-state index < -0.39 is 0 Å². The number of ether oxygens (including phenoxy) is 1. The van der Waals surface area contributed by atoms with Crippen LogP contribution in [-0.2, 0) is 4.74 Å². The third-order valence-corrected chi connectivity index (χ3v) is 3.20. The van der Waals surface area contributed by atoms with Crippen molar-refractivity contribution in [2.45, 2.75) is 0 Å². The first-order valence-electron chi connectivity index (χ1n) is 6.32. The second kappa shape index (κ2) is 5.37. The van der Waals surface area contributed by atoms with Gasteiger partial charge in [0.15, 0.2) is 11.4 Å². The average Bonchev–Trinajstić information content (AvgIpc) is 2.84. The van der Waals surface area contributed by atoms with Gasteiger partial charge in [-0.1, -0.05) is 17.3 Å². The van der Waals surface area contributed by atoms with E-state index in [4.69, 9.17) is 9.26 Å². The number of fused-ring (bicyclic) bond motifs is 1. The van der Waals surface area contributed by atoms with Gasteiger partial charge in [-0.25, -0.2) is 0 Å². The molecule has 0 unspecified atom stereocenters. The van der Waals surface area contributed by atoms with Crippen LogP contribution in [0.15, 0.2) is 28.8 Å². The minimum absolute atomic E-state index is 0.825. The van der Waals surface area contributed by atoms with Gasteiger partial charge in [0.25, 0.3) is 0 Å². The van der Waals surface area contributed by atoms with E-state index in [0.717, 1.165) is 56.2 Å². The number of hydrogen-bond donors (Lipinski definition) is 1. The summed E-state index contributed by atoms with van der Waals surface area (Å²) in [5, 5.41) is 8.42. The molecule has 1 aliphatic heterocycles. The fourth-order valence-electron chi connectivity index (χ4n) is 2.17. The summed E-state index contributed by atoms with van der Waals surface area (Å²) >= 11 is 0. The third kappa shape index (κ3) is 2.47. The molecule has 1 aliphatic rings. The Hall–Kier alpha value is -1.59. The zero-order valence-electron chi connectivity index (χ0n) is 10.3. The van der Waals surface area contributed by atoms with Crippen LogP contribution in [0.2, 0.25) is 0 Å². The molecule has 2 heterocycles. The molecule has 5 heteroatoms. The summed E-state index contributed by atoms with van der Waals surface area (Å²) in [6.45, 7) is 5.59. The number of anilines is 1. The van der Waals surface area contributed by atoms with E-state index in [1.807, 2.05) is 24.3 Å². The van der Waals surface area contributed by atoms with E-state index in [1.54, 1.807) is 0 Å². The predicted octanol–water partition coefficient (Wildman–Crippen LogP) is 1.57. The van der Waals surface area contributed by atoms with Crippen molar-refractivity contribution in [3.05, 3.63) is 24.3 Å². The summed E-state index contributed by atoms with van der Waals surface area (Å²) in [5.41, 5.74) is 0.825. The van der Waals surface area contributed by atoms with Gasteiger partial charge in [0.2, 0.25) is 0 Å². The molecule has 1 aromatic carbocycles. The van der Waals surface area contributed by atoms with E-state index in [0.29, 0.717) is 0 Å². The van der Waals surface area contributed by atoms with E-state index in [9.17, 15) is 0 Å². The highest BCUT2D eigenvalue weighted by Gasteiger charge is 2.10. The number of nitrogens with zero attached hydrogens (tertiary/aromatic N) is 2. The first kappa shape index (κ1) is 11.5. The quantitative estimate of drug-likeness (QED) is 0.888. The lowest BCUT2D eigenvalue weighted by atomic mass is 10.2. The van der Waals surface area contributed by atoms with Crippen molar-refractivity contribution in [1.82, 2.24) is 10.1 Å². The fraction of sp³-hybridized carbons (Fsp3) is 0.462. The van der Waals surface area contributed by atoms with Crippen molar-refractivity contribution in [3.63, 3.8) is 0 Å². The molecular weight excluding hydrogens is 230 g/mol. The Kier molecular flexibility index (Phi) is 3.43. The third-order valence-electron chi connectivity index (χ3n) is 3.20. The Labute approximate surface area is 106 Å². The van der Waals surface area contributed by atoms with Crippen molar-refractivity contribution in [2.24, 2.45) is 0 Å². The summed E-state index contributed by atoms with van der Waals surface area (Å²) in [5.74, 6) is 0.832. The van der Waals surface area contributed by atoms with E-state index in [1.165, 1.54) is 0 Å². The van der Waals surface area contributed by atoms with Gasteiger partial charge >= 0.3 is 0 Å². The number of para-hydroxylation sites is 1. The zero-order valence-corrected chi connectivity index (χ0v) is 10.3. The maximum atomic E-state index is 5.32. The molecule has 2 aromatic rings. The first-order chi connectivity index (χ1) is 8.93. The van der Waals surface area contributed by atoms with Crippen LogP contribution in [0.3, 0.4) is 0 Å². The number of aromatic nitrogens is 1. The van der Waals surface area contributed by atoms with Gasteiger partial charge in [-0.3, -0.25) is 4.90 Å². The zero-order chi connectivity index (χ0) is 12.2. The van der Waals surface area contributed by atoms with Crippen molar-refractivity contribution < 1.29 is 9.26 Å². The fourth-order valence-corrected chi connectivity index (χ4v) is 2.17. The summed E-state index contributed by atoms with van der Waals surface area (Å²) in [7, 11) is 0. The second-order valence-electron chi connectivity index (χ2n) is 4.41. The molecule has 3 rings (SSSR count). The molecule has 5 nitrogen and oxygen atoms in total. The molecule has 0 atom stereocenters. The smallest absolute Gasteiger partial charge is 0.177 e. The van der Waals surface area contributed by atoms with E-state index in [2.05, 4.69) is 15.4 Å². The number of rotatable bonds is 4. The van der Waals surface area contributed by atoms with Crippen LogP contribution in [0, 0.1) is 0 Å². The predicted molar refractivity (Wildman–Crippen MR) is 69.8 cm³/mol. The number of nitrogens with one attached hydrogen (secondary N) is 1. The van der Waals surface area contributed by atoms with Crippen LogP contribution in [0.5, 0.6) is 0 Å². The highest BCUT2D eigenvalue weighted by molar-refractivity contribution is 5.87. The average molecular weight is 247 g/mol. The molecule has 0 radical (unpaired) electrons. The Morgan fingerprint density at radius 2 is 2.06 bits per heavy atom. The summed E-state index contributed by atoms with van der Waals surface area (Å²) < 4.78 is 10.6. The maximum Gasteiger partial charge on any atom is 0.177 e. The van der Waals surface area contributed by atoms with Crippen LogP contribution >= 0.6 is 0 Å². The van der Waals surface area contributed by atoms with Crippen molar-refractivity contribution in [1.29, 1.82) is 0 Å². The van der Waals surface area contributed by atoms with Gasteiger partial charge in [-0.2, -0.15) is 0 Å². The highest BCUT2D eigenvalue weighted by Crippen LogP contribution is 2.21. The summed E-state index contributed by atoms with van der Waals surface area (Å²) in [4.78, 5) is 2.39. The molecule has 96 valence electrons. The van der Waals surface area contributed by atoms with Crippen LogP contribution in [-0.4, -0.2) is 49.4 Å². The standard InChI is InChI=1S/C13H17N3O2/c1-2-4-12-11(3-1)13(15-18-12)14-5-6-16-7-9-17-10-8-16/h1-4H,5-10H2,(H,14,15). The molecule has 0 amide bonds. The van der Waals surface area contributed by atoms with E-state index in [-0.39, 0.29) is 0 Å². The molecular formula is C13H17N3O2. The Morgan fingerprint density at radius 3 is 2.94 bits per heavy atom. The minimum Gasteiger partial charge on any atom is -0.379 e. The molecule has 0 saturated carbocycles. The topological polar surface area (TPSA) is 50.5 Å². The molecule has 1 N–H and O–H groups in total. The van der Waals surface area contributed by atoms with Crippen molar-refractivity contribution >= 4 is 16.8 Å². The molecule has 0 aliphatic carbocycles. The Bertz CT molecular complexity index is 506. The Balaban J connectivity index is 1.56. The molecule has 0 spiro atoms. The lowest BCUT2D eigenvalue weighted by Crippen LogP contribution is -2.39. The Morgan fingerprint density at radius 1 is 1.22 bits per heavy atom. The second-order valence-corrected chi connectivity index (χ2v) is 4.41. The van der Waals surface area contributed by atoms with Gasteiger partial charge in [-0.15, -0.1) is 0 Å². The number of hydrogen-bond acceptors (Lipinski definition) is 5. The number of benzene rings is 1. The lowest BCUT2D eigenvalue weighted by Gasteiger charge is -2.26. The SMILES string of the molecule is c1ccc2c(NCCN3CCOCC3)noc2c1.